The van der Waals surface area contributed by atoms with Crippen molar-refractivity contribution in [2.45, 2.75) is 6.61 Å². The number of urea groups is 1. The van der Waals surface area contributed by atoms with Gasteiger partial charge in [0.15, 0.2) is 11.6 Å². The topological polar surface area (TPSA) is 63.2 Å². The largest absolute Gasteiger partial charge is 0.485 e. The van der Waals surface area contributed by atoms with Gasteiger partial charge in [-0.05, 0) is 48.0 Å². The van der Waals surface area contributed by atoms with E-state index in [4.69, 9.17) is 39.5 Å². The van der Waals surface area contributed by atoms with Crippen molar-refractivity contribution in [1.82, 2.24) is 4.98 Å². The molecule has 0 bridgehead atoms. The Morgan fingerprint density at radius 3 is 2.59 bits per heavy atom. The average molecular weight is 423 g/mol. The molecule has 2 aromatic carbocycles. The maximum atomic E-state index is 12.2. The van der Waals surface area contributed by atoms with Gasteiger partial charge in [-0.3, -0.25) is 5.32 Å². The number of carbonyl (C=O) groups is 1. The van der Waals surface area contributed by atoms with Gasteiger partial charge in [0.05, 0.1) is 10.0 Å². The molecule has 0 fully saturated rings. The Labute approximate surface area is 171 Å². The van der Waals surface area contributed by atoms with Gasteiger partial charge >= 0.3 is 6.03 Å². The summed E-state index contributed by atoms with van der Waals surface area (Å²) in [6.45, 7) is 0.287. The summed E-state index contributed by atoms with van der Waals surface area (Å²) in [5, 5.41) is 6.69. The van der Waals surface area contributed by atoms with Crippen LogP contribution >= 0.6 is 34.8 Å². The first kappa shape index (κ1) is 19.3. The highest BCUT2D eigenvalue weighted by molar-refractivity contribution is 6.42. The van der Waals surface area contributed by atoms with Crippen LogP contribution in [-0.2, 0) is 6.61 Å². The minimum atomic E-state index is -0.486. The van der Waals surface area contributed by atoms with Gasteiger partial charge in [0.25, 0.3) is 0 Å². The van der Waals surface area contributed by atoms with Gasteiger partial charge in [-0.25, -0.2) is 9.78 Å². The van der Waals surface area contributed by atoms with Gasteiger partial charge in [-0.2, -0.15) is 0 Å². The lowest BCUT2D eigenvalue weighted by molar-refractivity contribution is 0.261. The summed E-state index contributed by atoms with van der Waals surface area (Å²) >= 11 is 17.8. The van der Waals surface area contributed by atoms with Crippen molar-refractivity contribution in [3.05, 3.63) is 81.4 Å². The monoisotopic (exact) mass is 421 g/mol. The Kier molecular flexibility index (Phi) is 6.40. The first-order chi connectivity index (χ1) is 13.0. The number of anilines is 2. The van der Waals surface area contributed by atoms with Crippen LogP contribution in [-0.4, -0.2) is 11.0 Å². The van der Waals surface area contributed by atoms with Crippen LogP contribution < -0.4 is 15.4 Å². The van der Waals surface area contributed by atoms with Gasteiger partial charge in [0, 0.05) is 16.9 Å². The molecule has 2 N–H and O–H groups in total. The number of pyridine rings is 1. The van der Waals surface area contributed by atoms with Crippen molar-refractivity contribution >= 4 is 52.3 Å². The molecule has 0 radical (unpaired) electrons. The third-order valence-corrected chi connectivity index (χ3v) is 4.44. The molecule has 3 rings (SSSR count). The van der Waals surface area contributed by atoms with E-state index in [2.05, 4.69) is 15.6 Å². The molecule has 27 heavy (non-hydrogen) atoms. The number of benzene rings is 2. The Morgan fingerprint density at radius 1 is 0.963 bits per heavy atom. The normalized spacial score (nSPS) is 10.3. The zero-order chi connectivity index (χ0) is 19.2. The molecule has 0 aliphatic carbocycles. The second-order valence-corrected chi connectivity index (χ2v) is 6.73. The molecule has 1 aromatic heterocycles. The molecule has 0 unspecified atom stereocenters. The first-order valence-electron chi connectivity index (χ1n) is 7.86. The number of aromatic nitrogens is 1. The molecule has 3 aromatic rings. The van der Waals surface area contributed by atoms with Crippen LogP contribution in [0.5, 0.6) is 5.75 Å². The van der Waals surface area contributed by atoms with Crippen LogP contribution in [0, 0.1) is 0 Å². The third-order valence-electron chi connectivity index (χ3n) is 3.46. The van der Waals surface area contributed by atoms with Crippen molar-refractivity contribution in [2.75, 3.05) is 10.6 Å². The van der Waals surface area contributed by atoms with Crippen LogP contribution in [0.1, 0.15) is 5.56 Å². The molecule has 0 saturated heterocycles. The number of halogens is 3. The SMILES string of the molecule is O=C(Nc1ccc(Cl)c(Cl)c1)Nc1ncccc1OCc1cccc(Cl)c1. The second kappa shape index (κ2) is 8.95. The van der Waals surface area contributed by atoms with Crippen molar-refractivity contribution in [1.29, 1.82) is 0 Å². The quantitative estimate of drug-likeness (QED) is 0.509. The second-order valence-electron chi connectivity index (χ2n) is 5.48. The summed E-state index contributed by atoms with van der Waals surface area (Å²) in [5.41, 5.74) is 1.40. The lowest BCUT2D eigenvalue weighted by Gasteiger charge is -2.12. The van der Waals surface area contributed by atoms with E-state index >= 15 is 0 Å². The standard InChI is InChI=1S/C19H14Cl3N3O2/c20-13-4-1-3-12(9-13)11-27-17-5-2-8-23-18(17)25-19(26)24-14-6-7-15(21)16(22)10-14/h1-10H,11H2,(H2,23,24,25,26). The molecule has 0 aliphatic heterocycles. The van der Waals surface area contributed by atoms with E-state index in [9.17, 15) is 4.79 Å². The summed E-state index contributed by atoms with van der Waals surface area (Å²) in [4.78, 5) is 16.4. The number of rotatable bonds is 5. The lowest BCUT2D eigenvalue weighted by Crippen LogP contribution is -2.20. The zero-order valence-corrected chi connectivity index (χ0v) is 16.1. The number of amides is 2. The van der Waals surface area contributed by atoms with Gasteiger partial charge in [-0.1, -0.05) is 46.9 Å². The predicted octanol–water partition coefficient (Wildman–Crippen LogP) is 6.26. The lowest BCUT2D eigenvalue weighted by atomic mass is 10.2. The highest BCUT2D eigenvalue weighted by Gasteiger charge is 2.10. The molecule has 0 atom stereocenters. The molecule has 2 amide bonds. The highest BCUT2D eigenvalue weighted by Crippen LogP contribution is 2.26. The summed E-state index contributed by atoms with van der Waals surface area (Å²) < 4.78 is 5.76. The van der Waals surface area contributed by atoms with Crippen LogP contribution in [0.3, 0.4) is 0 Å². The number of hydrogen-bond donors (Lipinski definition) is 2. The molecule has 0 saturated carbocycles. The molecular weight excluding hydrogens is 409 g/mol. The van der Waals surface area contributed by atoms with Crippen LogP contribution in [0.4, 0.5) is 16.3 Å². The van der Waals surface area contributed by atoms with Crippen LogP contribution in [0.15, 0.2) is 60.8 Å². The Bertz CT molecular complexity index is 966. The van der Waals surface area contributed by atoms with E-state index in [-0.39, 0.29) is 12.4 Å². The minimum absolute atomic E-state index is 0.287. The highest BCUT2D eigenvalue weighted by atomic mass is 35.5. The van der Waals surface area contributed by atoms with E-state index in [1.165, 1.54) is 0 Å². The predicted molar refractivity (Wildman–Crippen MR) is 109 cm³/mol. The maximum absolute atomic E-state index is 12.2. The summed E-state index contributed by atoms with van der Waals surface area (Å²) in [6, 6.07) is 15.1. The van der Waals surface area contributed by atoms with E-state index < -0.39 is 6.03 Å². The van der Waals surface area contributed by atoms with Gasteiger partial charge in [0.2, 0.25) is 0 Å². The number of nitrogens with one attached hydrogen (secondary N) is 2. The van der Waals surface area contributed by atoms with Crippen LogP contribution in [0.25, 0.3) is 0 Å². The van der Waals surface area contributed by atoms with Crippen molar-refractivity contribution in [3.8, 4) is 5.75 Å². The minimum Gasteiger partial charge on any atom is -0.485 e. The Hall–Kier alpha value is -2.47. The molecule has 138 valence electrons. The summed E-state index contributed by atoms with van der Waals surface area (Å²) in [5.74, 6) is 0.721. The van der Waals surface area contributed by atoms with Crippen molar-refractivity contribution in [3.63, 3.8) is 0 Å². The Balaban J connectivity index is 1.66. The zero-order valence-electron chi connectivity index (χ0n) is 13.9. The van der Waals surface area contributed by atoms with Crippen molar-refractivity contribution in [2.24, 2.45) is 0 Å². The average Bonchev–Trinajstić information content (AvgIpc) is 2.64. The summed E-state index contributed by atoms with van der Waals surface area (Å²) in [7, 11) is 0. The molecule has 5 nitrogen and oxygen atoms in total. The summed E-state index contributed by atoms with van der Waals surface area (Å²) in [6.07, 6.45) is 1.56. The number of carbonyl (C=O) groups excluding carboxylic acids is 1. The van der Waals surface area contributed by atoms with E-state index in [0.717, 1.165) is 5.56 Å². The van der Waals surface area contributed by atoms with Gasteiger partial charge < -0.3 is 10.1 Å². The van der Waals surface area contributed by atoms with E-state index in [1.807, 2.05) is 18.2 Å². The first-order valence-corrected chi connectivity index (χ1v) is 9.00. The molecule has 0 aliphatic rings. The number of ether oxygens (including phenoxy) is 1. The smallest absolute Gasteiger partial charge is 0.324 e. The van der Waals surface area contributed by atoms with E-state index in [0.29, 0.717) is 26.5 Å². The Morgan fingerprint density at radius 2 is 1.81 bits per heavy atom. The fourth-order valence-electron chi connectivity index (χ4n) is 2.23. The third kappa shape index (κ3) is 5.50. The molecule has 1 heterocycles. The molecule has 8 heteroatoms. The van der Waals surface area contributed by atoms with Crippen molar-refractivity contribution < 1.29 is 9.53 Å². The fourth-order valence-corrected chi connectivity index (χ4v) is 2.74. The number of nitrogens with zero attached hydrogens (tertiary/aromatic N) is 1. The fraction of sp³-hybridized carbons (Fsp3) is 0.0526. The number of hydrogen-bond acceptors (Lipinski definition) is 3. The molecule has 0 spiro atoms. The van der Waals surface area contributed by atoms with Gasteiger partial charge in [-0.15, -0.1) is 0 Å². The van der Waals surface area contributed by atoms with Crippen LogP contribution in [0.2, 0.25) is 15.1 Å². The van der Waals surface area contributed by atoms with Gasteiger partial charge in [0.1, 0.15) is 6.61 Å². The van der Waals surface area contributed by atoms with E-state index in [1.54, 1.807) is 42.6 Å². The maximum Gasteiger partial charge on any atom is 0.324 e. The molecular formula is C19H14Cl3N3O2.